The molecule has 0 fully saturated rings. The Morgan fingerprint density at radius 1 is 1.07 bits per heavy atom. The van der Waals surface area contributed by atoms with Gasteiger partial charge in [0, 0.05) is 24.5 Å². The first-order valence-corrected chi connectivity index (χ1v) is 11.6. The number of carbonyl (C=O) groups excluding carboxylic acids is 1. The molecular formula is C22H24N2O4S2. The van der Waals surface area contributed by atoms with E-state index in [2.05, 4.69) is 0 Å². The van der Waals surface area contributed by atoms with E-state index in [4.69, 9.17) is 4.74 Å². The van der Waals surface area contributed by atoms with Gasteiger partial charge < -0.3 is 9.64 Å². The number of rotatable bonds is 7. The average molecular weight is 445 g/mol. The Hall–Kier alpha value is -2.84. The van der Waals surface area contributed by atoms with E-state index in [1.807, 2.05) is 24.4 Å². The third kappa shape index (κ3) is 4.49. The monoisotopic (exact) mass is 444 g/mol. The van der Waals surface area contributed by atoms with E-state index in [9.17, 15) is 13.2 Å². The minimum Gasteiger partial charge on any atom is -0.497 e. The van der Waals surface area contributed by atoms with Crippen LogP contribution in [0.3, 0.4) is 0 Å². The number of methoxy groups -OCH3 is 1. The second kappa shape index (κ2) is 8.89. The van der Waals surface area contributed by atoms with Gasteiger partial charge in [-0.05, 0) is 60.3 Å². The second-order valence-electron chi connectivity index (χ2n) is 6.89. The van der Waals surface area contributed by atoms with Crippen molar-refractivity contribution in [2.75, 3.05) is 25.5 Å². The quantitative estimate of drug-likeness (QED) is 0.549. The largest absolute Gasteiger partial charge is 0.497 e. The molecule has 0 saturated heterocycles. The number of thiophene rings is 1. The lowest BCUT2D eigenvalue weighted by atomic mass is 10.1. The van der Waals surface area contributed by atoms with Gasteiger partial charge in [0.25, 0.3) is 15.9 Å². The maximum atomic E-state index is 13.1. The molecule has 0 aliphatic carbocycles. The number of benzene rings is 2. The molecule has 3 rings (SSSR count). The fraction of sp³-hybridized carbons (Fsp3) is 0.227. The van der Waals surface area contributed by atoms with Crippen LogP contribution in [0, 0.1) is 6.92 Å². The fourth-order valence-electron chi connectivity index (χ4n) is 3.05. The maximum Gasteiger partial charge on any atom is 0.264 e. The predicted molar refractivity (Wildman–Crippen MR) is 120 cm³/mol. The standard InChI is InChI=1S/C22H24N2O4S2/c1-16-7-8-17(22(25)23(2)15-19-6-5-13-29-19)14-21(16)24(3)30(26,27)20-11-9-18(28-4)10-12-20/h5-14H,15H2,1-4H3. The van der Waals surface area contributed by atoms with Crippen LogP contribution in [-0.4, -0.2) is 40.4 Å². The van der Waals surface area contributed by atoms with Crippen LogP contribution in [-0.2, 0) is 16.6 Å². The summed E-state index contributed by atoms with van der Waals surface area (Å²) in [6, 6.07) is 15.3. The first-order chi connectivity index (χ1) is 14.2. The van der Waals surface area contributed by atoms with Gasteiger partial charge in [-0.3, -0.25) is 9.10 Å². The molecule has 8 heteroatoms. The number of hydrogen-bond donors (Lipinski definition) is 0. The van der Waals surface area contributed by atoms with Crippen molar-refractivity contribution in [1.29, 1.82) is 0 Å². The van der Waals surface area contributed by atoms with Gasteiger partial charge in [0.2, 0.25) is 0 Å². The Kier molecular flexibility index (Phi) is 6.48. The molecule has 0 atom stereocenters. The summed E-state index contributed by atoms with van der Waals surface area (Å²) in [7, 11) is 0.963. The second-order valence-corrected chi connectivity index (χ2v) is 9.89. The lowest BCUT2D eigenvalue weighted by molar-refractivity contribution is 0.0786. The van der Waals surface area contributed by atoms with Gasteiger partial charge in [0.15, 0.2) is 0 Å². The Labute approximate surface area is 181 Å². The van der Waals surface area contributed by atoms with Gasteiger partial charge >= 0.3 is 0 Å². The minimum absolute atomic E-state index is 0.150. The number of sulfonamides is 1. The molecule has 158 valence electrons. The summed E-state index contributed by atoms with van der Waals surface area (Å²) >= 11 is 1.59. The Morgan fingerprint density at radius 2 is 1.77 bits per heavy atom. The smallest absolute Gasteiger partial charge is 0.264 e. The van der Waals surface area contributed by atoms with Gasteiger partial charge in [-0.15, -0.1) is 11.3 Å². The van der Waals surface area contributed by atoms with Crippen molar-refractivity contribution in [3.63, 3.8) is 0 Å². The molecule has 1 heterocycles. The Morgan fingerprint density at radius 3 is 2.37 bits per heavy atom. The maximum absolute atomic E-state index is 13.1. The number of amides is 1. The van der Waals surface area contributed by atoms with Gasteiger partial charge in [-0.25, -0.2) is 8.42 Å². The lowest BCUT2D eigenvalue weighted by Gasteiger charge is -2.23. The summed E-state index contributed by atoms with van der Waals surface area (Å²) in [6.45, 7) is 2.32. The number of hydrogen-bond acceptors (Lipinski definition) is 5. The fourth-order valence-corrected chi connectivity index (χ4v) is 5.05. The summed E-state index contributed by atoms with van der Waals surface area (Å²) < 4.78 is 32.5. The van der Waals surface area contributed by atoms with Crippen LogP contribution in [0.4, 0.5) is 5.69 Å². The lowest BCUT2D eigenvalue weighted by Crippen LogP contribution is -2.29. The van der Waals surface area contributed by atoms with Crippen LogP contribution in [0.5, 0.6) is 5.75 Å². The van der Waals surface area contributed by atoms with Gasteiger partial charge in [-0.1, -0.05) is 12.1 Å². The zero-order chi connectivity index (χ0) is 21.9. The topological polar surface area (TPSA) is 66.9 Å². The van der Waals surface area contributed by atoms with Crippen molar-refractivity contribution >= 4 is 33.0 Å². The van der Waals surface area contributed by atoms with E-state index in [-0.39, 0.29) is 10.8 Å². The molecule has 2 aromatic carbocycles. The molecule has 1 amide bonds. The first-order valence-electron chi connectivity index (χ1n) is 9.25. The molecule has 6 nitrogen and oxygen atoms in total. The molecule has 0 bridgehead atoms. The SMILES string of the molecule is COc1ccc(S(=O)(=O)N(C)c2cc(C(=O)N(C)Cc3cccs3)ccc2C)cc1. The number of ether oxygens (including phenoxy) is 1. The predicted octanol–water partition coefficient (Wildman–Crippen LogP) is 4.16. The zero-order valence-corrected chi connectivity index (χ0v) is 19.0. The number of nitrogens with zero attached hydrogens (tertiary/aromatic N) is 2. The molecule has 1 aromatic heterocycles. The van der Waals surface area contributed by atoms with Gasteiger partial charge in [-0.2, -0.15) is 0 Å². The van der Waals surface area contributed by atoms with E-state index >= 15 is 0 Å². The number of anilines is 1. The van der Waals surface area contributed by atoms with Crippen molar-refractivity contribution in [3.8, 4) is 5.75 Å². The Balaban J connectivity index is 1.88. The van der Waals surface area contributed by atoms with Gasteiger partial charge in [0.1, 0.15) is 5.75 Å². The molecule has 3 aromatic rings. The van der Waals surface area contributed by atoms with E-state index in [1.54, 1.807) is 53.6 Å². The van der Waals surface area contributed by atoms with Gasteiger partial charge in [0.05, 0.1) is 24.2 Å². The van der Waals surface area contributed by atoms with Crippen LogP contribution in [0.1, 0.15) is 20.8 Å². The number of carbonyl (C=O) groups is 1. The minimum atomic E-state index is -3.79. The van der Waals surface area contributed by atoms with Crippen LogP contribution in [0.15, 0.2) is 64.9 Å². The van der Waals surface area contributed by atoms with Crippen molar-refractivity contribution in [1.82, 2.24) is 4.90 Å². The average Bonchev–Trinajstić information content (AvgIpc) is 3.26. The van der Waals surface area contributed by atoms with Crippen LogP contribution < -0.4 is 9.04 Å². The summed E-state index contributed by atoms with van der Waals surface area (Å²) in [5.74, 6) is 0.411. The molecule has 0 saturated carbocycles. The highest BCUT2D eigenvalue weighted by Gasteiger charge is 2.24. The van der Waals surface area contributed by atoms with Crippen LogP contribution in [0.2, 0.25) is 0 Å². The first kappa shape index (κ1) is 21.9. The van der Waals surface area contributed by atoms with Crippen LogP contribution >= 0.6 is 11.3 Å². The third-order valence-corrected chi connectivity index (χ3v) is 7.48. The van der Waals surface area contributed by atoms with E-state index in [0.717, 1.165) is 10.4 Å². The van der Waals surface area contributed by atoms with Crippen molar-refractivity contribution in [2.45, 2.75) is 18.4 Å². The van der Waals surface area contributed by atoms with Crippen molar-refractivity contribution < 1.29 is 17.9 Å². The summed E-state index contributed by atoms with van der Waals surface area (Å²) in [6.07, 6.45) is 0. The molecule has 0 radical (unpaired) electrons. The molecule has 0 unspecified atom stereocenters. The molecule has 0 aliphatic heterocycles. The van der Waals surface area contributed by atoms with Crippen molar-refractivity contribution in [3.05, 3.63) is 76.0 Å². The highest BCUT2D eigenvalue weighted by atomic mass is 32.2. The zero-order valence-electron chi connectivity index (χ0n) is 17.3. The summed E-state index contributed by atoms with van der Waals surface area (Å²) in [4.78, 5) is 15.7. The van der Waals surface area contributed by atoms with E-state index in [0.29, 0.717) is 23.5 Å². The van der Waals surface area contributed by atoms with E-state index < -0.39 is 10.0 Å². The molecular weight excluding hydrogens is 420 g/mol. The molecule has 0 spiro atoms. The van der Waals surface area contributed by atoms with Crippen LogP contribution in [0.25, 0.3) is 0 Å². The highest BCUT2D eigenvalue weighted by molar-refractivity contribution is 7.92. The Bertz CT molecular complexity index is 1120. The molecule has 0 aliphatic rings. The molecule has 0 N–H and O–H groups in total. The van der Waals surface area contributed by atoms with E-state index in [1.165, 1.54) is 30.6 Å². The molecule has 30 heavy (non-hydrogen) atoms. The third-order valence-electron chi connectivity index (χ3n) is 4.83. The number of aryl methyl sites for hydroxylation is 1. The summed E-state index contributed by atoms with van der Waals surface area (Å²) in [5, 5.41) is 1.97. The van der Waals surface area contributed by atoms with Crippen molar-refractivity contribution in [2.24, 2.45) is 0 Å². The normalized spacial score (nSPS) is 11.2. The highest BCUT2D eigenvalue weighted by Crippen LogP contribution is 2.28. The summed E-state index contributed by atoms with van der Waals surface area (Å²) in [5.41, 5.74) is 1.65.